The van der Waals surface area contributed by atoms with Crippen molar-refractivity contribution in [3.63, 3.8) is 0 Å². The maximum absolute atomic E-state index is 12.8. The van der Waals surface area contributed by atoms with E-state index >= 15 is 0 Å². The van der Waals surface area contributed by atoms with Crippen LogP contribution in [0.1, 0.15) is 39.6 Å². The van der Waals surface area contributed by atoms with Crippen LogP contribution in [0.15, 0.2) is 48.5 Å². The molecule has 156 valence electrons. The van der Waals surface area contributed by atoms with E-state index in [1.807, 2.05) is 32.0 Å². The maximum atomic E-state index is 12.8. The molecule has 0 fully saturated rings. The number of methoxy groups -OCH3 is 1. The summed E-state index contributed by atoms with van der Waals surface area (Å²) < 4.78 is 6.40. The summed E-state index contributed by atoms with van der Waals surface area (Å²) in [6.45, 7) is 3.80. The normalized spacial score (nSPS) is 11.7. The van der Waals surface area contributed by atoms with Gasteiger partial charge in [-0.15, -0.1) is 0 Å². The van der Waals surface area contributed by atoms with E-state index in [-0.39, 0.29) is 18.0 Å². The molecule has 0 saturated carbocycles. The second kappa shape index (κ2) is 8.69. The summed E-state index contributed by atoms with van der Waals surface area (Å²) >= 11 is 0. The highest BCUT2D eigenvalue weighted by atomic mass is 16.5. The number of aromatic nitrogens is 2. The highest BCUT2D eigenvalue weighted by Crippen LogP contribution is 2.24. The largest absolute Gasteiger partial charge is 0.497 e. The monoisotopic (exact) mass is 409 g/mol. The zero-order valence-electron chi connectivity index (χ0n) is 16.9. The highest BCUT2D eigenvalue weighted by molar-refractivity contribution is 5.93. The Hall–Kier alpha value is -3.81. The minimum absolute atomic E-state index is 0.0164. The Labute approximate surface area is 173 Å². The molecule has 1 unspecified atom stereocenters. The topological polar surface area (TPSA) is 114 Å². The van der Waals surface area contributed by atoms with E-state index in [0.29, 0.717) is 17.0 Å². The number of carbonyl (C=O) groups excluding carboxylic acids is 1. The van der Waals surface area contributed by atoms with Crippen LogP contribution in [0.3, 0.4) is 0 Å². The number of carboxylic acids is 1. The van der Waals surface area contributed by atoms with E-state index in [4.69, 9.17) is 4.74 Å². The van der Waals surface area contributed by atoms with Crippen LogP contribution in [0, 0.1) is 13.8 Å². The summed E-state index contributed by atoms with van der Waals surface area (Å²) in [6.07, 6.45) is -0.304. The summed E-state index contributed by atoms with van der Waals surface area (Å²) in [6, 6.07) is 13.0. The van der Waals surface area contributed by atoms with Crippen LogP contribution < -0.4 is 10.1 Å². The molecular weight excluding hydrogens is 386 g/mol. The molecule has 1 amide bonds. The van der Waals surface area contributed by atoms with Crippen molar-refractivity contribution in [1.29, 1.82) is 0 Å². The predicted octanol–water partition coefficient (Wildman–Crippen LogP) is 3.15. The van der Waals surface area contributed by atoms with Crippen molar-refractivity contribution >= 4 is 11.9 Å². The fourth-order valence-corrected chi connectivity index (χ4v) is 3.10. The molecule has 1 atom stereocenters. The van der Waals surface area contributed by atoms with E-state index in [9.17, 15) is 19.8 Å². The number of carbonyl (C=O) groups is 2. The lowest BCUT2D eigenvalue weighted by Gasteiger charge is -2.17. The molecule has 8 nitrogen and oxygen atoms in total. The SMILES string of the molecule is COc1ccc(C(CC(=O)O)NC(=O)c2cc(O)n(-c3cc(C)ccc3C)n2)cc1. The summed E-state index contributed by atoms with van der Waals surface area (Å²) in [7, 11) is 1.53. The van der Waals surface area contributed by atoms with E-state index in [0.717, 1.165) is 11.1 Å². The number of nitrogens with one attached hydrogen (secondary N) is 1. The van der Waals surface area contributed by atoms with Crippen LogP contribution in [0.2, 0.25) is 0 Å². The Balaban J connectivity index is 1.87. The van der Waals surface area contributed by atoms with Gasteiger partial charge in [0, 0.05) is 6.07 Å². The van der Waals surface area contributed by atoms with Crippen LogP contribution in [0.25, 0.3) is 5.69 Å². The molecular formula is C22H23N3O5. The van der Waals surface area contributed by atoms with Crippen molar-refractivity contribution in [3.05, 3.63) is 70.9 Å². The van der Waals surface area contributed by atoms with Crippen molar-refractivity contribution in [2.45, 2.75) is 26.3 Å². The number of hydrogen-bond donors (Lipinski definition) is 3. The Kier molecular flexibility index (Phi) is 6.06. The third-order valence-corrected chi connectivity index (χ3v) is 4.72. The quantitative estimate of drug-likeness (QED) is 0.552. The number of ether oxygens (including phenoxy) is 1. The first-order valence-electron chi connectivity index (χ1n) is 9.31. The highest BCUT2D eigenvalue weighted by Gasteiger charge is 2.22. The lowest BCUT2D eigenvalue weighted by Crippen LogP contribution is -2.30. The number of aliphatic carboxylic acids is 1. The molecule has 3 aromatic rings. The van der Waals surface area contributed by atoms with Crippen LogP contribution in [0.5, 0.6) is 11.6 Å². The fourth-order valence-electron chi connectivity index (χ4n) is 3.10. The summed E-state index contributed by atoms with van der Waals surface area (Å²) in [5, 5.41) is 26.5. The van der Waals surface area contributed by atoms with Crippen molar-refractivity contribution in [1.82, 2.24) is 15.1 Å². The zero-order valence-corrected chi connectivity index (χ0v) is 16.9. The average Bonchev–Trinajstić information content (AvgIpc) is 3.10. The Morgan fingerprint density at radius 3 is 2.47 bits per heavy atom. The molecule has 8 heteroatoms. The molecule has 0 spiro atoms. The van der Waals surface area contributed by atoms with Gasteiger partial charge in [-0.05, 0) is 48.7 Å². The number of rotatable bonds is 7. The van der Waals surface area contributed by atoms with Gasteiger partial charge >= 0.3 is 5.97 Å². The fraction of sp³-hybridized carbons (Fsp3) is 0.227. The van der Waals surface area contributed by atoms with Gasteiger partial charge in [0.25, 0.3) is 5.91 Å². The molecule has 30 heavy (non-hydrogen) atoms. The molecule has 0 aliphatic rings. The van der Waals surface area contributed by atoms with Crippen LogP contribution >= 0.6 is 0 Å². The lowest BCUT2D eigenvalue weighted by molar-refractivity contribution is -0.137. The second-order valence-corrected chi connectivity index (χ2v) is 6.99. The molecule has 3 N–H and O–H groups in total. The predicted molar refractivity (Wildman–Crippen MR) is 110 cm³/mol. The molecule has 0 aliphatic heterocycles. The van der Waals surface area contributed by atoms with Crippen molar-refractivity contribution < 1.29 is 24.5 Å². The molecule has 1 heterocycles. The smallest absolute Gasteiger partial charge is 0.305 e. The van der Waals surface area contributed by atoms with E-state index in [1.54, 1.807) is 24.3 Å². The number of carboxylic acid groups (broad SMARTS) is 1. The van der Waals surface area contributed by atoms with Gasteiger partial charge in [-0.25, -0.2) is 4.68 Å². The van der Waals surface area contributed by atoms with E-state index in [2.05, 4.69) is 10.4 Å². The third kappa shape index (κ3) is 4.60. The van der Waals surface area contributed by atoms with Crippen molar-refractivity contribution in [2.24, 2.45) is 0 Å². The molecule has 3 rings (SSSR count). The lowest BCUT2D eigenvalue weighted by atomic mass is 10.0. The minimum atomic E-state index is -1.06. The number of aryl methyl sites for hydroxylation is 2. The molecule has 0 bridgehead atoms. The standard InChI is InChI=1S/C22H23N3O5/c1-13-4-5-14(2)19(10-13)25-20(26)11-18(24-25)22(29)23-17(12-21(27)28)15-6-8-16(30-3)9-7-15/h4-11,17,26H,12H2,1-3H3,(H,23,29)(H,27,28). The van der Waals surface area contributed by atoms with Gasteiger partial charge in [-0.1, -0.05) is 24.3 Å². The van der Waals surface area contributed by atoms with Crippen molar-refractivity contribution in [2.75, 3.05) is 7.11 Å². The first-order valence-corrected chi connectivity index (χ1v) is 9.31. The zero-order chi connectivity index (χ0) is 21.8. The molecule has 0 saturated heterocycles. The van der Waals surface area contributed by atoms with Gasteiger partial charge in [0.1, 0.15) is 5.75 Å². The number of nitrogens with zero attached hydrogens (tertiary/aromatic N) is 2. The van der Waals surface area contributed by atoms with Crippen LogP contribution in [-0.4, -0.2) is 39.0 Å². The first-order chi connectivity index (χ1) is 14.3. The third-order valence-electron chi connectivity index (χ3n) is 4.72. The minimum Gasteiger partial charge on any atom is -0.497 e. The van der Waals surface area contributed by atoms with Gasteiger partial charge in [0.05, 0.1) is 25.3 Å². The maximum Gasteiger partial charge on any atom is 0.305 e. The Morgan fingerprint density at radius 2 is 1.83 bits per heavy atom. The van der Waals surface area contributed by atoms with Crippen LogP contribution in [0.4, 0.5) is 0 Å². The second-order valence-electron chi connectivity index (χ2n) is 6.99. The summed E-state index contributed by atoms with van der Waals surface area (Å²) in [5.41, 5.74) is 3.12. The van der Waals surface area contributed by atoms with Gasteiger partial charge in [0.2, 0.25) is 5.88 Å². The molecule has 2 aromatic carbocycles. The summed E-state index contributed by atoms with van der Waals surface area (Å²) in [4.78, 5) is 24.1. The molecule has 0 radical (unpaired) electrons. The number of benzene rings is 2. The Bertz CT molecular complexity index is 1070. The van der Waals surface area contributed by atoms with Gasteiger partial charge in [-0.3, -0.25) is 9.59 Å². The molecule has 1 aromatic heterocycles. The van der Waals surface area contributed by atoms with Crippen molar-refractivity contribution in [3.8, 4) is 17.3 Å². The summed E-state index contributed by atoms with van der Waals surface area (Å²) in [5.74, 6) is -1.21. The molecule has 0 aliphatic carbocycles. The first kappa shape index (κ1) is 20.9. The number of aromatic hydroxyl groups is 1. The van der Waals surface area contributed by atoms with Gasteiger partial charge < -0.3 is 20.3 Å². The van der Waals surface area contributed by atoms with Gasteiger partial charge in [0.15, 0.2) is 5.69 Å². The number of amides is 1. The van der Waals surface area contributed by atoms with E-state index in [1.165, 1.54) is 17.9 Å². The Morgan fingerprint density at radius 1 is 1.13 bits per heavy atom. The van der Waals surface area contributed by atoms with Gasteiger partial charge in [-0.2, -0.15) is 5.10 Å². The average molecular weight is 409 g/mol. The number of hydrogen-bond acceptors (Lipinski definition) is 5. The van der Waals surface area contributed by atoms with Crippen LogP contribution in [-0.2, 0) is 4.79 Å². The van der Waals surface area contributed by atoms with E-state index < -0.39 is 17.9 Å².